The van der Waals surface area contributed by atoms with Gasteiger partial charge in [-0.25, -0.2) is 15.0 Å². The van der Waals surface area contributed by atoms with E-state index >= 15 is 0 Å². The predicted molar refractivity (Wildman–Crippen MR) is 136 cm³/mol. The lowest BCUT2D eigenvalue weighted by molar-refractivity contribution is -0.274. The number of aromatic nitrogens is 5. The fourth-order valence-corrected chi connectivity index (χ4v) is 5.55. The molecule has 0 bridgehead atoms. The maximum absolute atomic E-state index is 12.7. The number of rotatable bonds is 7. The van der Waals surface area contributed by atoms with Gasteiger partial charge in [-0.2, -0.15) is 5.10 Å². The highest BCUT2D eigenvalue weighted by molar-refractivity contribution is 5.72. The molecule has 0 amide bonds. The van der Waals surface area contributed by atoms with Crippen LogP contribution in [-0.4, -0.2) is 56.8 Å². The topological polar surface area (TPSA) is 107 Å². The molecule has 2 fully saturated rings. The Bertz CT molecular complexity index is 1330. The van der Waals surface area contributed by atoms with Crippen molar-refractivity contribution in [1.29, 1.82) is 0 Å². The van der Waals surface area contributed by atoms with Gasteiger partial charge in [0.15, 0.2) is 5.82 Å². The first-order chi connectivity index (χ1) is 18.6. The lowest BCUT2D eigenvalue weighted by Gasteiger charge is -2.37. The molecule has 1 saturated carbocycles. The molecule has 39 heavy (non-hydrogen) atoms. The normalized spacial score (nSPS) is 21.3. The van der Waals surface area contributed by atoms with E-state index in [0.717, 1.165) is 57.3 Å². The van der Waals surface area contributed by atoms with Crippen LogP contribution in [0.5, 0.6) is 5.75 Å². The number of alkyl halides is 3. The summed E-state index contributed by atoms with van der Waals surface area (Å²) in [5, 5.41) is 7.20. The van der Waals surface area contributed by atoms with Crippen molar-refractivity contribution in [3.63, 3.8) is 0 Å². The fraction of sp³-hybridized carbons (Fsp3) is 0.500. The van der Waals surface area contributed by atoms with Gasteiger partial charge in [0.1, 0.15) is 23.2 Å². The summed E-state index contributed by atoms with van der Waals surface area (Å²) in [6, 6.07) is 4.04. The number of nitrogens with zero attached hydrogens (tertiary/aromatic N) is 6. The van der Waals surface area contributed by atoms with E-state index in [4.69, 9.17) is 9.72 Å². The standard InChI is InChI=1S/C26H30F3N7O3/c1-3-38-24(37)17-5-4-7-25(13-17)8-10-36(16-25)22-12-21(33-23(34-22)18-14-31-35(2)15-18)32-20-11-19(6-9-30-20)39-26(27,28)29/h6,9,11-12,14-15,17H,3-5,7-8,10,13,16H2,1-2H3,(H,30,32,33,34). The largest absolute Gasteiger partial charge is 0.573 e. The Morgan fingerprint density at radius 1 is 1.23 bits per heavy atom. The summed E-state index contributed by atoms with van der Waals surface area (Å²) in [6.45, 7) is 3.69. The number of halogens is 3. The lowest BCUT2D eigenvalue weighted by atomic mass is 9.69. The Morgan fingerprint density at radius 2 is 2.08 bits per heavy atom. The Kier molecular flexibility index (Phi) is 7.32. The van der Waals surface area contributed by atoms with Gasteiger partial charge in [0.05, 0.1) is 24.3 Å². The van der Waals surface area contributed by atoms with Gasteiger partial charge in [-0.15, -0.1) is 13.2 Å². The zero-order valence-corrected chi connectivity index (χ0v) is 21.7. The average Bonchev–Trinajstić information content (AvgIpc) is 3.50. The summed E-state index contributed by atoms with van der Waals surface area (Å²) >= 11 is 0. The molecule has 10 nitrogen and oxygen atoms in total. The molecule has 1 aliphatic carbocycles. The highest BCUT2D eigenvalue weighted by Gasteiger charge is 2.44. The second kappa shape index (κ2) is 10.7. The second-order valence-corrected chi connectivity index (χ2v) is 10.1. The van der Waals surface area contributed by atoms with Crippen LogP contribution in [0.3, 0.4) is 0 Å². The van der Waals surface area contributed by atoms with Crippen LogP contribution in [0.25, 0.3) is 11.4 Å². The molecule has 1 saturated heterocycles. The van der Waals surface area contributed by atoms with Crippen LogP contribution in [0, 0.1) is 11.3 Å². The van der Waals surface area contributed by atoms with Crippen molar-refractivity contribution in [3.8, 4) is 17.1 Å². The highest BCUT2D eigenvalue weighted by Crippen LogP contribution is 2.47. The second-order valence-electron chi connectivity index (χ2n) is 10.1. The zero-order valence-electron chi connectivity index (χ0n) is 21.7. The van der Waals surface area contributed by atoms with Crippen LogP contribution < -0.4 is 15.0 Å². The first kappa shape index (κ1) is 26.7. The van der Waals surface area contributed by atoms with Crippen LogP contribution in [-0.2, 0) is 16.6 Å². The molecular formula is C26H30F3N7O3. The minimum absolute atomic E-state index is 0.00644. The monoisotopic (exact) mass is 545 g/mol. The Morgan fingerprint density at radius 3 is 2.82 bits per heavy atom. The molecule has 3 aromatic heterocycles. The summed E-state index contributed by atoms with van der Waals surface area (Å²) < 4.78 is 49.1. The number of hydrogen-bond acceptors (Lipinski definition) is 9. The van der Waals surface area contributed by atoms with Gasteiger partial charge in [0.25, 0.3) is 0 Å². The van der Waals surface area contributed by atoms with Crippen LogP contribution in [0.4, 0.5) is 30.6 Å². The van der Waals surface area contributed by atoms with Gasteiger partial charge >= 0.3 is 12.3 Å². The highest BCUT2D eigenvalue weighted by atomic mass is 19.4. The molecule has 2 unspecified atom stereocenters. The van der Waals surface area contributed by atoms with E-state index in [1.807, 2.05) is 6.92 Å². The van der Waals surface area contributed by atoms with Gasteiger partial charge in [0, 0.05) is 44.7 Å². The van der Waals surface area contributed by atoms with Crippen LogP contribution in [0.15, 0.2) is 36.8 Å². The van der Waals surface area contributed by atoms with Crippen molar-refractivity contribution in [2.24, 2.45) is 18.4 Å². The quantitative estimate of drug-likeness (QED) is 0.416. The maximum Gasteiger partial charge on any atom is 0.573 e. The molecular weight excluding hydrogens is 515 g/mol. The molecule has 1 aliphatic heterocycles. The number of esters is 1. The van der Waals surface area contributed by atoms with Crippen molar-refractivity contribution >= 4 is 23.4 Å². The molecule has 2 atom stereocenters. The molecule has 1 spiro atoms. The number of pyridine rings is 1. The van der Waals surface area contributed by atoms with E-state index in [1.54, 1.807) is 30.2 Å². The number of aryl methyl sites for hydroxylation is 1. The Balaban J connectivity index is 1.41. The molecule has 0 aromatic carbocycles. The maximum atomic E-state index is 12.7. The third kappa shape index (κ3) is 6.40. The van der Waals surface area contributed by atoms with Crippen molar-refractivity contribution in [2.75, 3.05) is 29.9 Å². The molecule has 13 heteroatoms. The lowest BCUT2D eigenvalue weighted by Crippen LogP contribution is -2.35. The molecule has 5 rings (SSSR count). The van der Waals surface area contributed by atoms with Crippen LogP contribution >= 0.6 is 0 Å². The van der Waals surface area contributed by atoms with Gasteiger partial charge in [-0.1, -0.05) is 6.42 Å². The summed E-state index contributed by atoms with van der Waals surface area (Å²) in [7, 11) is 1.79. The Labute approximate surface area is 223 Å². The third-order valence-electron chi connectivity index (χ3n) is 7.22. The summed E-state index contributed by atoms with van der Waals surface area (Å²) in [5.74, 6) is 0.988. The van der Waals surface area contributed by atoms with Gasteiger partial charge in [-0.05, 0) is 44.1 Å². The van der Waals surface area contributed by atoms with E-state index in [9.17, 15) is 18.0 Å². The predicted octanol–water partition coefficient (Wildman–Crippen LogP) is 4.86. The van der Waals surface area contributed by atoms with E-state index in [1.165, 1.54) is 6.20 Å². The number of nitrogens with one attached hydrogen (secondary N) is 1. The molecule has 1 N–H and O–H groups in total. The number of carbonyl (C=O) groups is 1. The molecule has 208 valence electrons. The number of ether oxygens (including phenoxy) is 2. The molecule has 3 aromatic rings. The van der Waals surface area contributed by atoms with E-state index < -0.39 is 12.1 Å². The number of hydrogen-bond donors (Lipinski definition) is 1. The van der Waals surface area contributed by atoms with Gasteiger partial charge in [-0.3, -0.25) is 9.48 Å². The van der Waals surface area contributed by atoms with E-state index in [2.05, 4.69) is 30.0 Å². The minimum Gasteiger partial charge on any atom is -0.466 e. The fourth-order valence-electron chi connectivity index (χ4n) is 5.55. The zero-order chi connectivity index (χ0) is 27.6. The van der Waals surface area contributed by atoms with Crippen molar-refractivity contribution < 1.29 is 27.4 Å². The summed E-state index contributed by atoms with van der Waals surface area (Å²) in [5.41, 5.74) is 0.687. The third-order valence-corrected chi connectivity index (χ3v) is 7.22. The van der Waals surface area contributed by atoms with Gasteiger partial charge in [0.2, 0.25) is 0 Å². The first-order valence-corrected chi connectivity index (χ1v) is 12.9. The minimum atomic E-state index is -4.81. The Hall–Kier alpha value is -3.90. The van der Waals surface area contributed by atoms with E-state index in [0.29, 0.717) is 29.6 Å². The average molecular weight is 546 g/mol. The van der Waals surface area contributed by atoms with Crippen LogP contribution in [0.1, 0.15) is 39.0 Å². The van der Waals surface area contributed by atoms with Crippen molar-refractivity contribution in [1.82, 2.24) is 24.7 Å². The smallest absolute Gasteiger partial charge is 0.466 e. The molecule has 0 radical (unpaired) electrons. The van der Waals surface area contributed by atoms with Crippen LogP contribution in [0.2, 0.25) is 0 Å². The molecule has 2 aliphatic rings. The van der Waals surface area contributed by atoms with Crippen molar-refractivity contribution in [3.05, 3.63) is 36.8 Å². The van der Waals surface area contributed by atoms with E-state index in [-0.39, 0.29) is 23.1 Å². The first-order valence-electron chi connectivity index (χ1n) is 12.9. The number of anilines is 3. The summed E-state index contributed by atoms with van der Waals surface area (Å²) in [4.78, 5) is 28.1. The summed E-state index contributed by atoms with van der Waals surface area (Å²) in [6.07, 6.45) is 4.40. The van der Waals surface area contributed by atoms with Crippen molar-refractivity contribution in [2.45, 2.75) is 45.4 Å². The number of carbonyl (C=O) groups excluding carboxylic acids is 1. The van der Waals surface area contributed by atoms with Gasteiger partial charge < -0.3 is 19.7 Å². The molecule has 4 heterocycles. The SMILES string of the molecule is CCOC(=O)C1CCCC2(CCN(c3cc(Nc4cc(OC(F)(F)F)ccn4)nc(-c4cnn(C)c4)n3)C2)C1.